The molecule has 306 valence electrons. The average Bonchev–Trinajstić information content (AvgIpc) is 3.25. The molecule has 60 heavy (non-hydrogen) atoms. The summed E-state index contributed by atoms with van der Waals surface area (Å²) in [7, 11) is 0. The van der Waals surface area contributed by atoms with Crippen molar-refractivity contribution in [1.29, 1.82) is 0 Å². The van der Waals surface area contributed by atoms with E-state index in [-0.39, 0.29) is 22.1 Å². The normalized spacial score (nSPS) is 15.3. The molecule has 8 nitrogen and oxygen atoms in total. The van der Waals surface area contributed by atoms with Gasteiger partial charge < -0.3 is 18.6 Å². The molecule has 0 unspecified atom stereocenters. The highest BCUT2D eigenvalue weighted by atomic mass is 16.4. The van der Waals surface area contributed by atoms with Gasteiger partial charge in [-0.1, -0.05) is 96.8 Å². The molecule has 9 rings (SSSR count). The second-order valence-corrected chi connectivity index (χ2v) is 18.1. The summed E-state index contributed by atoms with van der Waals surface area (Å²) in [5.41, 5.74) is 11.0. The van der Waals surface area contributed by atoms with Crippen molar-refractivity contribution in [3.05, 3.63) is 129 Å². The summed E-state index contributed by atoms with van der Waals surface area (Å²) in [6, 6.07) is 28.0. The molecule has 0 saturated carbocycles. The Morgan fingerprint density at radius 2 is 1.30 bits per heavy atom. The number of rotatable bonds is 11. The van der Waals surface area contributed by atoms with Gasteiger partial charge in [-0.3, -0.25) is 4.98 Å². The molecule has 8 heteroatoms. The molecule has 0 bridgehead atoms. The van der Waals surface area contributed by atoms with Crippen molar-refractivity contribution in [3.63, 3.8) is 0 Å². The molecule has 0 saturated heterocycles. The van der Waals surface area contributed by atoms with Crippen LogP contribution in [0.1, 0.15) is 91.2 Å². The molecule has 0 amide bonds. The Morgan fingerprint density at radius 3 is 2.03 bits per heavy atom. The van der Waals surface area contributed by atoms with Crippen molar-refractivity contribution >= 4 is 33.3 Å². The molecule has 2 aliphatic rings. The number of benzene rings is 4. The maximum atomic E-state index is 13.8. The van der Waals surface area contributed by atoms with Gasteiger partial charge >= 0.3 is 11.3 Å². The van der Waals surface area contributed by atoms with Crippen LogP contribution < -0.4 is 21.1 Å². The fourth-order valence-corrected chi connectivity index (χ4v) is 9.23. The van der Waals surface area contributed by atoms with Crippen LogP contribution in [0.3, 0.4) is 0 Å². The summed E-state index contributed by atoms with van der Waals surface area (Å²) in [5.74, 6) is 0. The lowest BCUT2D eigenvalue weighted by molar-refractivity contribution is 0.398. The zero-order valence-corrected chi connectivity index (χ0v) is 35.7. The maximum absolute atomic E-state index is 13.8. The number of hydrogen-bond acceptors (Lipinski definition) is 8. The fraction of sp³-hybridized carbons (Fsp3) is 0.346. The highest BCUT2D eigenvalue weighted by Gasteiger charge is 2.42. The number of unbranched alkanes of at least 4 members (excludes halogenated alkanes) is 2. The predicted molar refractivity (Wildman–Crippen MR) is 245 cm³/mol. The van der Waals surface area contributed by atoms with Crippen LogP contribution in [0.25, 0.3) is 66.7 Å². The fourth-order valence-electron chi connectivity index (χ4n) is 9.23. The molecular weight excluding hydrogens is 745 g/mol. The summed E-state index contributed by atoms with van der Waals surface area (Å²) < 4.78 is 12.2. The third-order valence-corrected chi connectivity index (χ3v) is 13.0. The van der Waals surface area contributed by atoms with Gasteiger partial charge in [0.15, 0.2) is 0 Å². The van der Waals surface area contributed by atoms with Crippen LogP contribution >= 0.6 is 0 Å². The quantitative estimate of drug-likeness (QED) is 0.119. The molecule has 3 aromatic heterocycles. The van der Waals surface area contributed by atoms with Gasteiger partial charge in [0.2, 0.25) is 0 Å². The summed E-state index contributed by atoms with van der Waals surface area (Å²) >= 11 is 0. The van der Waals surface area contributed by atoms with Gasteiger partial charge in [0.25, 0.3) is 0 Å². The Morgan fingerprint density at radius 1 is 0.667 bits per heavy atom. The van der Waals surface area contributed by atoms with Crippen molar-refractivity contribution in [2.24, 2.45) is 0 Å². The zero-order valence-electron chi connectivity index (χ0n) is 35.7. The lowest BCUT2D eigenvalue weighted by Crippen LogP contribution is -2.44. The van der Waals surface area contributed by atoms with Crippen molar-refractivity contribution < 1.29 is 8.83 Å². The van der Waals surface area contributed by atoms with Crippen molar-refractivity contribution in [3.8, 4) is 44.8 Å². The van der Waals surface area contributed by atoms with Gasteiger partial charge in [-0.15, -0.1) is 0 Å². The number of fused-ring (bicyclic) bond motifs is 3. The van der Waals surface area contributed by atoms with E-state index in [9.17, 15) is 9.59 Å². The van der Waals surface area contributed by atoms with Gasteiger partial charge in [-0.05, 0) is 89.6 Å². The van der Waals surface area contributed by atoms with E-state index in [0.717, 1.165) is 103 Å². The number of aromatic nitrogens is 2. The minimum atomic E-state index is -0.376. The maximum Gasteiger partial charge on any atom is 0.344 e. The van der Waals surface area contributed by atoms with Gasteiger partial charge in [0.1, 0.15) is 11.2 Å². The molecule has 2 aliphatic heterocycles. The number of anilines is 2. The molecular formula is C52H54N4O4. The number of hydrogen-bond donors (Lipinski definition) is 0. The van der Waals surface area contributed by atoms with Crippen LogP contribution in [0.2, 0.25) is 0 Å². The molecule has 0 spiro atoms. The van der Waals surface area contributed by atoms with E-state index in [1.807, 2.05) is 66.7 Å². The molecule has 4 aromatic carbocycles. The molecule has 0 fully saturated rings. The first kappa shape index (κ1) is 39.4. The van der Waals surface area contributed by atoms with E-state index < -0.39 is 0 Å². The average molecular weight is 799 g/mol. The highest BCUT2D eigenvalue weighted by molar-refractivity contribution is 5.93. The molecule has 5 heterocycles. The van der Waals surface area contributed by atoms with E-state index in [0.29, 0.717) is 33.7 Å². The molecule has 7 aromatic rings. The van der Waals surface area contributed by atoms with Gasteiger partial charge in [0.05, 0.1) is 34.9 Å². The molecule has 0 atom stereocenters. The number of nitrogens with zero attached hydrogens (tertiary/aromatic N) is 4. The first-order valence-electron chi connectivity index (χ1n) is 21.7. The third-order valence-electron chi connectivity index (χ3n) is 13.0. The molecule has 0 aliphatic carbocycles. The van der Waals surface area contributed by atoms with Crippen LogP contribution in [-0.4, -0.2) is 36.1 Å². The van der Waals surface area contributed by atoms with E-state index in [1.165, 1.54) is 16.8 Å². The zero-order chi connectivity index (χ0) is 41.8. The van der Waals surface area contributed by atoms with Gasteiger partial charge in [0, 0.05) is 71.1 Å². The monoisotopic (exact) mass is 798 g/mol. The standard InChI is InChI=1S/C52H54N4O4/c1-7-9-22-55(23-10-8-2)39-19-18-37-27-41(49(57)59-45(37)30-39)35-12-11-13-36(26-35)44-32-53-31-43(54-44)34-16-14-33(15-17-34)40-28-38-29-42-47-46(48(38)60-50(40)58)52(5,6)21-25-56(47)24-20-51(42,3)4/h11-19,26-32H,7-10,20-25H2,1-6H3. The van der Waals surface area contributed by atoms with E-state index in [1.54, 1.807) is 12.4 Å². The Bertz CT molecular complexity index is 2860. The smallest absolute Gasteiger partial charge is 0.344 e. The first-order chi connectivity index (χ1) is 28.9. The van der Waals surface area contributed by atoms with Crippen LogP contribution in [0.4, 0.5) is 11.4 Å². The molecule has 0 radical (unpaired) electrons. The Balaban J connectivity index is 0.999. The van der Waals surface area contributed by atoms with Crippen molar-refractivity contribution in [1.82, 2.24) is 9.97 Å². The summed E-state index contributed by atoms with van der Waals surface area (Å²) in [4.78, 5) is 41.7. The SMILES string of the molecule is CCCCN(CCCC)c1ccc2cc(-c3cccc(-c4cncc(-c5ccc(-c6cc7cc8c9c(c7oc6=O)C(C)(C)CCN9CCC8(C)C)cc5)n4)c3)c(=O)oc2c1. The van der Waals surface area contributed by atoms with Gasteiger partial charge in [-0.25, -0.2) is 14.6 Å². The second kappa shape index (κ2) is 15.5. The first-order valence-corrected chi connectivity index (χ1v) is 21.7. The van der Waals surface area contributed by atoms with E-state index >= 15 is 0 Å². The minimum absolute atomic E-state index is 0.0248. The Labute approximate surface area is 351 Å². The van der Waals surface area contributed by atoms with Crippen LogP contribution in [0, 0.1) is 0 Å². The molecule has 0 N–H and O–H groups in total. The Hall–Kier alpha value is -6.02. The van der Waals surface area contributed by atoms with E-state index in [4.69, 9.17) is 13.8 Å². The van der Waals surface area contributed by atoms with Crippen LogP contribution in [0.5, 0.6) is 0 Å². The summed E-state index contributed by atoms with van der Waals surface area (Å²) in [6.45, 7) is 17.6. The lowest BCUT2D eigenvalue weighted by Gasteiger charge is -2.48. The summed E-state index contributed by atoms with van der Waals surface area (Å²) in [5, 5.41) is 1.85. The van der Waals surface area contributed by atoms with Crippen molar-refractivity contribution in [2.75, 3.05) is 36.0 Å². The minimum Gasteiger partial charge on any atom is -0.422 e. The largest absolute Gasteiger partial charge is 0.422 e. The predicted octanol–water partition coefficient (Wildman–Crippen LogP) is 11.9. The third kappa shape index (κ3) is 7.20. The van der Waals surface area contributed by atoms with E-state index in [2.05, 4.69) is 74.5 Å². The second-order valence-electron chi connectivity index (χ2n) is 18.1. The highest BCUT2D eigenvalue weighted by Crippen LogP contribution is 2.52. The topological polar surface area (TPSA) is 92.7 Å². The van der Waals surface area contributed by atoms with Crippen molar-refractivity contribution in [2.45, 2.75) is 90.9 Å². The Kier molecular flexibility index (Phi) is 10.2. The van der Waals surface area contributed by atoms with Crippen LogP contribution in [-0.2, 0) is 10.8 Å². The van der Waals surface area contributed by atoms with Crippen LogP contribution in [0.15, 0.2) is 116 Å². The lowest BCUT2D eigenvalue weighted by atomic mass is 9.69. The van der Waals surface area contributed by atoms with Gasteiger partial charge in [-0.2, -0.15) is 0 Å². The summed E-state index contributed by atoms with van der Waals surface area (Å²) in [6.07, 6.45) is 10.1.